The average molecular weight is 375 g/mol. The van der Waals surface area contributed by atoms with E-state index in [1.807, 2.05) is 44.2 Å². The number of hydrogen-bond acceptors (Lipinski definition) is 5. The molecule has 0 aliphatic heterocycles. The van der Waals surface area contributed by atoms with Crippen molar-refractivity contribution in [1.29, 1.82) is 0 Å². The number of rotatable bonds is 3. The van der Waals surface area contributed by atoms with Gasteiger partial charge in [0.1, 0.15) is 5.56 Å². The molecule has 0 bridgehead atoms. The van der Waals surface area contributed by atoms with Crippen LogP contribution in [0.2, 0.25) is 0 Å². The zero-order valence-electron chi connectivity index (χ0n) is 15.9. The second-order valence-corrected chi connectivity index (χ2v) is 7.44. The quantitative estimate of drug-likeness (QED) is 0.584. The maximum atomic E-state index is 13.2. The second-order valence-electron chi connectivity index (χ2n) is 7.44. The van der Waals surface area contributed by atoms with Gasteiger partial charge < -0.3 is 4.42 Å². The predicted molar refractivity (Wildman–Crippen MR) is 105 cm³/mol. The molecule has 1 aromatic carbocycles. The van der Waals surface area contributed by atoms with Crippen LogP contribution < -0.4 is 5.56 Å². The fourth-order valence-electron chi connectivity index (χ4n) is 4.16. The molecule has 1 fully saturated rings. The summed E-state index contributed by atoms with van der Waals surface area (Å²) in [6.07, 6.45) is 4.49. The number of nitrogens with zero attached hydrogens (tertiary/aromatic N) is 4. The maximum Gasteiger partial charge on any atom is 0.285 e. The zero-order chi connectivity index (χ0) is 19.3. The highest BCUT2D eigenvalue weighted by atomic mass is 16.4. The molecule has 3 heterocycles. The number of fused-ring (bicyclic) bond motifs is 1. The summed E-state index contributed by atoms with van der Waals surface area (Å²) in [6.45, 7) is 3.75. The van der Waals surface area contributed by atoms with Crippen LogP contribution in [0.5, 0.6) is 0 Å². The van der Waals surface area contributed by atoms with Gasteiger partial charge in [-0.2, -0.15) is 0 Å². The average Bonchev–Trinajstić information content (AvgIpc) is 3.42. The Bertz CT molecular complexity index is 1210. The van der Waals surface area contributed by atoms with Crippen molar-refractivity contribution in [2.75, 3.05) is 0 Å². The van der Waals surface area contributed by atoms with Crippen LogP contribution >= 0.6 is 0 Å². The van der Waals surface area contributed by atoms with Crippen molar-refractivity contribution in [1.82, 2.24) is 24.8 Å². The van der Waals surface area contributed by atoms with Gasteiger partial charge >= 0.3 is 0 Å². The van der Waals surface area contributed by atoms with Crippen LogP contribution in [0.25, 0.3) is 28.2 Å². The Morgan fingerprint density at radius 2 is 1.82 bits per heavy atom. The molecule has 0 spiro atoms. The summed E-state index contributed by atoms with van der Waals surface area (Å²) in [5.41, 5.74) is 4.13. The minimum atomic E-state index is -0.227. The standard InChI is InChI=1S/C21H21N5O2/c1-12-17(20-24-23-19(28-20)15-10-6-7-11-15)21(27)26-18(22-12)16(13(2)25-26)14-8-4-3-5-9-14/h3-5,8-9,15,25H,6-7,10-11H2,1-2H3. The molecule has 1 N–H and O–H groups in total. The van der Waals surface area contributed by atoms with Gasteiger partial charge in [0, 0.05) is 17.2 Å². The van der Waals surface area contributed by atoms with E-state index in [1.165, 1.54) is 17.4 Å². The number of hydrogen-bond donors (Lipinski definition) is 1. The Balaban J connectivity index is 1.67. The fraction of sp³-hybridized carbons (Fsp3) is 0.333. The van der Waals surface area contributed by atoms with E-state index in [-0.39, 0.29) is 11.4 Å². The number of nitrogens with one attached hydrogen (secondary N) is 1. The summed E-state index contributed by atoms with van der Waals surface area (Å²) in [7, 11) is 0. The third kappa shape index (κ3) is 2.58. The second kappa shape index (κ2) is 6.44. The Morgan fingerprint density at radius 1 is 1.07 bits per heavy atom. The van der Waals surface area contributed by atoms with Crippen LogP contribution in [0.15, 0.2) is 39.5 Å². The van der Waals surface area contributed by atoms with Crippen LogP contribution in [0.4, 0.5) is 0 Å². The Labute approximate surface area is 161 Å². The molecule has 142 valence electrons. The van der Waals surface area contributed by atoms with E-state index in [0.717, 1.165) is 29.7 Å². The number of aromatic amines is 1. The van der Waals surface area contributed by atoms with E-state index in [2.05, 4.69) is 15.3 Å². The third-order valence-electron chi connectivity index (χ3n) is 5.56. The summed E-state index contributed by atoms with van der Waals surface area (Å²) >= 11 is 0. The van der Waals surface area contributed by atoms with Crippen LogP contribution in [-0.4, -0.2) is 24.8 Å². The molecule has 0 saturated heterocycles. The molecule has 4 aromatic rings. The van der Waals surface area contributed by atoms with Crippen LogP contribution in [0.3, 0.4) is 0 Å². The van der Waals surface area contributed by atoms with Gasteiger partial charge in [0.05, 0.1) is 5.69 Å². The van der Waals surface area contributed by atoms with Crippen molar-refractivity contribution < 1.29 is 4.42 Å². The lowest BCUT2D eigenvalue weighted by molar-refractivity contribution is 0.456. The van der Waals surface area contributed by atoms with Gasteiger partial charge in [-0.05, 0) is 32.3 Å². The number of aryl methyl sites for hydroxylation is 2. The lowest BCUT2D eigenvalue weighted by Crippen LogP contribution is -2.19. The first-order valence-electron chi connectivity index (χ1n) is 9.64. The highest BCUT2D eigenvalue weighted by Crippen LogP contribution is 2.34. The smallest absolute Gasteiger partial charge is 0.285 e. The van der Waals surface area contributed by atoms with Gasteiger partial charge in [-0.25, -0.2) is 9.50 Å². The summed E-state index contributed by atoms with van der Waals surface area (Å²) in [4.78, 5) is 18.0. The molecule has 7 nitrogen and oxygen atoms in total. The van der Waals surface area contributed by atoms with Crippen molar-refractivity contribution in [3.8, 4) is 22.6 Å². The van der Waals surface area contributed by atoms with Gasteiger partial charge in [-0.1, -0.05) is 43.2 Å². The molecule has 0 atom stereocenters. The van der Waals surface area contributed by atoms with E-state index in [4.69, 9.17) is 9.40 Å². The zero-order valence-corrected chi connectivity index (χ0v) is 15.9. The van der Waals surface area contributed by atoms with E-state index >= 15 is 0 Å². The van der Waals surface area contributed by atoms with Gasteiger partial charge in [0.2, 0.25) is 5.89 Å². The first kappa shape index (κ1) is 16.9. The largest absolute Gasteiger partial charge is 0.420 e. The molecule has 1 saturated carbocycles. The molecule has 5 rings (SSSR count). The summed E-state index contributed by atoms with van der Waals surface area (Å²) in [5.74, 6) is 1.18. The predicted octanol–water partition coefficient (Wildman–Crippen LogP) is 4.01. The lowest BCUT2D eigenvalue weighted by atomic mass is 10.1. The van der Waals surface area contributed by atoms with Gasteiger partial charge in [-0.15, -0.1) is 10.2 Å². The Hall–Kier alpha value is -3.22. The number of aromatic nitrogens is 5. The SMILES string of the molecule is Cc1nc2c(-c3ccccc3)c(C)[nH]n2c(=O)c1-c1nnc(C2CCCC2)o1. The topological polar surface area (TPSA) is 89.1 Å². The van der Waals surface area contributed by atoms with Crippen molar-refractivity contribution >= 4 is 5.65 Å². The Morgan fingerprint density at radius 3 is 2.57 bits per heavy atom. The molecule has 0 unspecified atom stereocenters. The molecule has 0 amide bonds. The van der Waals surface area contributed by atoms with Crippen LogP contribution in [0.1, 0.15) is 48.9 Å². The van der Waals surface area contributed by atoms with E-state index in [0.29, 0.717) is 28.7 Å². The normalized spacial score (nSPS) is 14.9. The van der Waals surface area contributed by atoms with Crippen LogP contribution in [0, 0.1) is 13.8 Å². The molecule has 1 aliphatic carbocycles. The van der Waals surface area contributed by atoms with Gasteiger partial charge in [0.15, 0.2) is 5.65 Å². The first-order valence-corrected chi connectivity index (χ1v) is 9.64. The molecular formula is C21H21N5O2. The maximum absolute atomic E-state index is 13.2. The summed E-state index contributed by atoms with van der Waals surface area (Å²) in [5, 5.41) is 11.5. The van der Waals surface area contributed by atoms with Crippen molar-refractivity contribution in [2.45, 2.75) is 45.4 Å². The molecule has 3 aromatic heterocycles. The van der Waals surface area contributed by atoms with E-state index < -0.39 is 0 Å². The molecular weight excluding hydrogens is 354 g/mol. The summed E-state index contributed by atoms with van der Waals surface area (Å²) < 4.78 is 7.37. The minimum absolute atomic E-state index is 0.227. The van der Waals surface area contributed by atoms with Crippen molar-refractivity contribution in [3.05, 3.63) is 58.0 Å². The molecule has 7 heteroatoms. The monoisotopic (exact) mass is 375 g/mol. The van der Waals surface area contributed by atoms with Crippen LogP contribution in [-0.2, 0) is 0 Å². The van der Waals surface area contributed by atoms with E-state index in [1.54, 1.807) is 0 Å². The van der Waals surface area contributed by atoms with E-state index in [9.17, 15) is 4.79 Å². The fourth-order valence-corrected chi connectivity index (χ4v) is 4.16. The molecule has 0 radical (unpaired) electrons. The molecule has 28 heavy (non-hydrogen) atoms. The number of H-pyrrole nitrogens is 1. The highest BCUT2D eigenvalue weighted by Gasteiger charge is 2.26. The van der Waals surface area contributed by atoms with Crippen molar-refractivity contribution in [2.24, 2.45) is 0 Å². The van der Waals surface area contributed by atoms with Gasteiger partial charge in [0.25, 0.3) is 11.4 Å². The van der Waals surface area contributed by atoms with Crippen molar-refractivity contribution in [3.63, 3.8) is 0 Å². The Kier molecular flexibility index (Phi) is 3.89. The first-order chi connectivity index (χ1) is 13.6. The minimum Gasteiger partial charge on any atom is -0.420 e. The molecule has 1 aliphatic rings. The lowest BCUT2D eigenvalue weighted by Gasteiger charge is -2.04. The third-order valence-corrected chi connectivity index (χ3v) is 5.56. The highest BCUT2D eigenvalue weighted by molar-refractivity contribution is 5.80. The number of benzene rings is 1. The van der Waals surface area contributed by atoms with Gasteiger partial charge in [-0.3, -0.25) is 9.89 Å². The summed E-state index contributed by atoms with van der Waals surface area (Å²) in [6, 6.07) is 9.93.